The summed E-state index contributed by atoms with van der Waals surface area (Å²) >= 11 is 0. The van der Waals surface area contributed by atoms with Crippen molar-refractivity contribution in [1.82, 2.24) is 0 Å². The Labute approximate surface area is 160 Å². The lowest BCUT2D eigenvalue weighted by atomic mass is 10.0. The highest BCUT2D eigenvalue weighted by molar-refractivity contribution is 6.03. The number of azo groups is 1. The summed E-state index contributed by atoms with van der Waals surface area (Å²) in [5.74, 6) is -0.944. The van der Waals surface area contributed by atoms with Crippen LogP contribution in [0.2, 0.25) is 0 Å². The zero-order valence-electron chi connectivity index (χ0n) is 14.9. The third kappa shape index (κ3) is 2.91. The van der Waals surface area contributed by atoms with Crippen molar-refractivity contribution in [2.24, 2.45) is 10.2 Å². The predicted octanol–water partition coefficient (Wildman–Crippen LogP) is 5.34. The summed E-state index contributed by atoms with van der Waals surface area (Å²) in [6, 6.07) is 16.7. The molecule has 4 aromatic rings. The number of aryl methyl sites for hydroxylation is 1. The number of carbonyl (C=O) groups excluding carboxylic acids is 1. The number of fused-ring (bicyclic) bond motifs is 2. The number of benzene rings is 4. The van der Waals surface area contributed by atoms with Gasteiger partial charge in [-0.3, -0.25) is 4.79 Å². The third-order valence-electron chi connectivity index (χ3n) is 4.62. The van der Waals surface area contributed by atoms with Crippen molar-refractivity contribution in [2.45, 2.75) is 6.92 Å². The largest absolute Gasteiger partial charge is 0.507 e. The molecule has 28 heavy (non-hydrogen) atoms. The van der Waals surface area contributed by atoms with Gasteiger partial charge in [-0.1, -0.05) is 36.4 Å². The van der Waals surface area contributed by atoms with Gasteiger partial charge in [0.15, 0.2) is 0 Å². The summed E-state index contributed by atoms with van der Waals surface area (Å²) in [4.78, 5) is 12.5. The zero-order valence-corrected chi connectivity index (χ0v) is 14.9. The van der Waals surface area contributed by atoms with Gasteiger partial charge in [-0.25, -0.2) is 0 Å². The highest BCUT2D eigenvalue weighted by Crippen LogP contribution is 2.40. The second kappa shape index (κ2) is 6.66. The normalized spacial score (nSPS) is 11.5. The number of rotatable bonds is 2. The number of phenolic OH excluding ortho intramolecular Hbond substituents is 3. The Bertz CT molecular complexity index is 1280. The van der Waals surface area contributed by atoms with Crippen LogP contribution in [0, 0.1) is 6.92 Å². The fraction of sp³-hybridized carbons (Fsp3) is 0.0455. The molecular formula is C22H16N2O4. The van der Waals surface area contributed by atoms with Crippen LogP contribution >= 0.6 is 0 Å². The van der Waals surface area contributed by atoms with Gasteiger partial charge in [-0.05, 0) is 47.5 Å². The van der Waals surface area contributed by atoms with E-state index in [1.807, 2.05) is 24.3 Å². The molecule has 0 aromatic heterocycles. The van der Waals surface area contributed by atoms with Crippen molar-refractivity contribution in [1.29, 1.82) is 0 Å². The van der Waals surface area contributed by atoms with Crippen LogP contribution in [0.5, 0.6) is 17.2 Å². The molecule has 0 spiro atoms. The molecular weight excluding hydrogens is 356 g/mol. The summed E-state index contributed by atoms with van der Waals surface area (Å²) in [6.45, 7) is 1.69. The molecule has 0 bridgehead atoms. The lowest BCUT2D eigenvalue weighted by Crippen LogP contribution is -1.95. The maximum atomic E-state index is 12.5. The fourth-order valence-corrected chi connectivity index (χ4v) is 3.20. The first-order valence-corrected chi connectivity index (χ1v) is 8.58. The van der Waals surface area contributed by atoms with E-state index in [4.69, 9.17) is 0 Å². The first-order chi connectivity index (χ1) is 13.5. The van der Waals surface area contributed by atoms with Crippen LogP contribution in [-0.4, -0.2) is 21.2 Å². The van der Waals surface area contributed by atoms with E-state index in [2.05, 4.69) is 10.2 Å². The number of aromatic hydroxyl groups is 3. The molecule has 6 heteroatoms. The first-order valence-electron chi connectivity index (χ1n) is 8.58. The van der Waals surface area contributed by atoms with Gasteiger partial charge >= 0.3 is 0 Å². The summed E-state index contributed by atoms with van der Waals surface area (Å²) in [5, 5.41) is 40.6. The monoisotopic (exact) mass is 372 g/mol. The maximum Gasteiger partial charge on any atom is 0.299 e. The van der Waals surface area contributed by atoms with Crippen LogP contribution in [0.25, 0.3) is 21.5 Å². The average Bonchev–Trinajstić information content (AvgIpc) is 2.69. The van der Waals surface area contributed by atoms with E-state index < -0.39 is 5.91 Å². The number of carbonyl (C=O) groups is 1. The van der Waals surface area contributed by atoms with Crippen molar-refractivity contribution in [3.63, 3.8) is 0 Å². The van der Waals surface area contributed by atoms with Gasteiger partial charge < -0.3 is 15.3 Å². The van der Waals surface area contributed by atoms with Crippen LogP contribution in [0.15, 0.2) is 70.9 Å². The van der Waals surface area contributed by atoms with E-state index in [0.717, 1.165) is 10.8 Å². The van der Waals surface area contributed by atoms with Crippen molar-refractivity contribution in [3.05, 3.63) is 71.8 Å². The van der Waals surface area contributed by atoms with Crippen LogP contribution in [-0.2, 0) is 0 Å². The smallest absolute Gasteiger partial charge is 0.299 e. The van der Waals surface area contributed by atoms with Gasteiger partial charge in [0.2, 0.25) is 0 Å². The maximum absolute atomic E-state index is 12.5. The Hall–Kier alpha value is -3.93. The predicted molar refractivity (Wildman–Crippen MR) is 106 cm³/mol. The lowest BCUT2D eigenvalue weighted by Gasteiger charge is -2.08. The molecule has 6 nitrogen and oxygen atoms in total. The standard InChI is InChI=1S/C22H16N2O4/c1-12-9-17(20-15(21(12)27)7-4-8-18(20)25)23-24-22(28)16-10-13-5-2-3-6-14(13)11-19(16)26/h2-11,25-27H,1H3. The number of phenols is 3. The van der Waals surface area contributed by atoms with Crippen molar-refractivity contribution in [3.8, 4) is 17.2 Å². The van der Waals surface area contributed by atoms with Crippen molar-refractivity contribution in [2.75, 3.05) is 0 Å². The Kier molecular flexibility index (Phi) is 4.16. The van der Waals surface area contributed by atoms with E-state index in [1.54, 1.807) is 25.1 Å². The van der Waals surface area contributed by atoms with Gasteiger partial charge in [-0.15, -0.1) is 10.2 Å². The van der Waals surface area contributed by atoms with Crippen LogP contribution in [0.3, 0.4) is 0 Å². The van der Waals surface area contributed by atoms with Gasteiger partial charge in [0, 0.05) is 5.39 Å². The van der Waals surface area contributed by atoms with E-state index >= 15 is 0 Å². The van der Waals surface area contributed by atoms with Crippen molar-refractivity contribution >= 4 is 33.1 Å². The minimum Gasteiger partial charge on any atom is -0.507 e. The SMILES string of the molecule is Cc1cc(N=NC(=O)c2cc3ccccc3cc2O)c2c(O)cccc2c1O. The molecule has 0 unspecified atom stereocenters. The van der Waals surface area contributed by atoms with Gasteiger partial charge in [-0.2, -0.15) is 0 Å². The summed E-state index contributed by atoms with van der Waals surface area (Å²) in [5.41, 5.74) is 0.816. The summed E-state index contributed by atoms with van der Waals surface area (Å²) < 4.78 is 0. The van der Waals surface area contributed by atoms with E-state index in [-0.39, 0.29) is 28.5 Å². The Balaban J connectivity index is 1.79. The molecule has 0 aliphatic carbocycles. The Morgan fingerprint density at radius 1 is 0.857 bits per heavy atom. The second-order valence-electron chi connectivity index (χ2n) is 6.48. The van der Waals surface area contributed by atoms with Crippen LogP contribution < -0.4 is 0 Å². The first kappa shape index (κ1) is 17.5. The highest BCUT2D eigenvalue weighted by Gasteiger charge is 2.15. The molecule has 0 saturated carbocycles. The zero-order chi connectivity index (χ0) is 19.8. The minimum atomic E-state index is -0.711. The molecule has 0 aliphatic heterocycles. The Morgan fingerprint density at radius 3 is 2.32 bits per heavy atom. The molecule has 138 valence electrons. The average molecular weight is 372 g/mol. The fourth-order valence-electron chi connectivity index (χ4n) is 3.20. The van der Waals surface area contributed by atoms with E-state index in [1.165, 1.54) is 18.2 Å². The molecule has 4 rings (SSSR count). The van der Waals surface area contributed by atoms with Crippen molar-refractivity contribution < 1.29 is 20.1 Å². The molecule has 1 amide bonds. The third-order valence-corrected chi connectivity index (χ3v) is 4.62. The number of hydrogen-bond acceptors (Lipinski definition) is 5. The molecule has 0 heterocycles. The number of amides is 1. The summed E-state index contributed by atoms with van der Waals surface area (Å²) in [6.07, 6.45) is 0. The van der Waals surface area contributed by atoms with Gasteiger partial charge in [0.05, 0.1) is 16.6 Å². The molecule has 4 aromatic carbocycles. The molecule has 0 fully saturated rings. The van der Waals surface area contributed by atoms with E-state index in [9.17, 15) is 20.1 Å². The topological polar surface area (TPSA) is 102 Å². The molecule has 0 atom stereocenters. The molecule has 0 radical (unpaired) electrons. The van der Waals surface area contributed by atoms with Gasteiger partial charge in [0.1, 0.15) is 17.2 Å². The van der Waals surface area contributed by atoms with E-state index in [0.29, 0.717) is 16.3 Å². The minimum absolute atomic E-state index is 0.0309. The number of hydrogen-bond donors (Lipinski definition) is 3. The Morgan fingerprint density at radius 2 is 1.57 bits per heavy atom. The molecule has 0 aliphatic rings. The van der Waals surface area contributed by atoms with Crippen LogP contribution in [0.1, 0.15) is 15.9 Å². The highest BCUT2D eigenvalue weighted by atomic mass is 16.3. The molecule has 0 saturated heterocycles. The van der Waals surface area contributed by atoms with Crippen LogP contribution in [0.4, 0.5) is 5.69 Å². The van der Waals surface area contributed by atoms with Gasteiger partial charge in [0.25, 0.3) is 5.91 Å². The lowest BCUT2D eigenvalue weighted by molar-refractivity contribution is 0.0992. The quantitative estimate of drug-likeness (QED) is 0.413. The molecule has 3 N–H and O–H groups in total. The number of nitrogens with zero attached hydrogens (tertiary/aromatic N) is 2. The second-order valence-corrected chi connectivity index (χ2v) is 6.48. The summed E-state index contributed by atoms with van der Waals surface area (Å²) in [7, 11) is 0.